The van der Waals surface area contributed by atoms with Crippen molar-refractivity contribution < 1.29 is 23.0 Å². The van der Waals surface area contributed by atoms with Crippen LogP contribution < -0.4 is 0 Å². The summed E-state index contributed by atoms with van der Waals surface area (Å²) in [5.41, 5.74) is -0.928. The van der Waals surface area contributed by atoms with E-state index >= 15 is 0 Å². The lowest BCUT2D eigenvalue weighted by molar-refractivity contribution is -0.178. The van der Waals surface area contributed by atoms with Gasteiger partial charge in [-0.25, -0.2) is 9.74 Å². The van der Waals surface area contributed by atoms with E-state index in [1.807, 2.05) is 0 Å². The van der Waals surface area contributed by atoms with Crippen molar-refractivity contribution in [2.45, 2.75) is 13.3 Å². The highest BCUT2D eigenvalue weighted by Crippen LogP contribution is 2.12. The van der Waals surface area contributed by atoms with Crippen molar-refractivity contribution in [3.05, 3.63) is 11.7 Å². The Morgan fingerprint density at radius 1 is 1.50 bits per heavy atom. The largest absolute Gasteiger partial charge is 0.380 e. The van der Waals surface area contributed by atoms with Gasteiger partial charge in [0, 0.05) is 4.53 Å². The summed E-state index contributed by atoms with van der Waals surface area (Å²) in [6.07, 6.45) is -2.45. The summed E-state index contributed by atoms with van der Waals surface area (Å²) in [7, 11) is 0. The van der Waals surface area contributed by atoms with Gasteiger partial charge in [0.15, 0.2) is 0 Å². The van der Waals surface area contributed by atoms with Crippen LogP contribution in [0.15, 0.2) is 11.7 Å². The Bertz CT molecular complexity index is 160. The molecule has 58 valence electrons. The smallest absolute Gasteiger partial charge is 0.250 e. The molecule has 2 nitrogen and oxygen atoms in total. The molecule has 0 aromatic rings. The summed E-state index contributed by atoms with van der Waals surface area (Å²) in [6.45, 7) is 1.30. The van der Waals surface area contributed by atoms with E-state index in [9.17, 15) is 18.1 Å². The summed E-state index contributed by atoms with van der Waals surface area (Å²) < 4.78 is 34.1. The topological polar surface area (TPSA) is 26.3 Å². The molecule has 0 radical (unpaired) electrons. The molecule has 0 aliphatic rings. The highest BCUT2D eigenvalue weighted by atomic mass is 19.3. The summed E-state index contributed by atoms with van der Waals surface area (Å²) in [4.78, 5) is 12.6. The van der Waals surface area contributed by atoms with Gasteiger partial charge in [0.25, 0.3) is 6.08 Å². The third-order valence-corrected chi connectivity index (χ3v) is 0.898. The van der Waals surface area contributed by atoms with Crippen molar-refractivity contribution in [2.75, 3.05) is 0 Å². The van der Waals surface area contributed by atoms with E-state index in [1.165, 1.54) is 6.92 Å². The first kappa shape index (κ1) is 9.00. The van der Waals surface area contributed by atoms with E-state index in [2.05, 4.69) is 4.94 Å². The van der Waals surface area contributed by atoms with E-state index < -0.39 is 17.6 Å². The monoisotopic (exact) mass is 154 g/mol. The van der Waals surface area contributed by atoms with Crippen LogP contribution in [0.3, 0.4) is 0 Å². The van der Waals surface area contributed by atoms with Crippen LogP contribution in [0.5, 0.6) is 0 Å². The van der Waals surface area contributed by atoms with Crippen LogP contribution >= 0.6 is 0 Å². The van der Waals surface area contributed by atoms with Gasteiger partial charge in [0.05, 0.1) is 0 Å². The Hall–Kier alpha value is -1.00. The lowest BCUT2D eigenvalue weighted by Crippen LogP contribution is -2.02. The van der Waals surface area contributed by atoms with Gasteiger partial charge in [-0.1, -0.05) is 6.92 Å². The van der Waals surface area contributed by atoms with Gasteiger partial charge in [-0.3, -0.25) is 0 Å². The molecule has 0 aromatic carbocycles. The lowest BCUT2D eigenvalue weighted by atomic mass is 10.2. The zero-order chi connectivity index (χ0) is 8.15. The Morgan fingerprint density at radius 3 is 2.10 bits per heavy atom. The minimum atomic E-state index is -2.20. The molecule has 0 bridgehead atoms. The molecule has 0 aromatic heterocycles. The Morgan fingerprint density at radius 2 is 2.00 bits per heavy atom. The Balaban J connectivity index is 4.37. The molecule has 10 heavy (non-hydrogen) atoms. The van der Waals surface area contributed by atoms with E-state index in [0.29, 0.717) is 0 Å². The average Bonchev–Trinajstić information content (AvgIpc) is 1.88. The highest BCUT2D eigenvalue weighted by molar-refractivity contribution is 5.87. The summed E-state index contributed by atoms with van der Waals surface area (Å²) in [5.74, 6) is -1.62. The summed E-state index contributed by atoms with van der Waals surface area (Å²) in [6, 6.07) is 0. The van der Waals surface area contributed by atoms with Crippen molar-refractivity contribution in [1.82, 2.24) is 0 Å². The van der Waals surface area contributed by atoms with Crippen LogP contribution in [0.2, 0.25) is 0 Å². The van der Waals surface area contributed by atoms with Crippen molar-refractivity contribution >= 4 is 5.97 Å². The molecule has 0 unspecified atom stereocenters. The van der Waals surface area contributed by atoms with Crippen molar-refractivity contribution in [1.29, 1.82) is 0 Å². The molecular weight excluding hydrogens is 149 g/mol. The van der Waals surface area contributed by atoms with Crippen LogP contribution in [-0.4, -0.2) is 5.97 Å². The van der Waals surface area contributed by atoms with Gasteiger partial charge < -0.3 is 0 Å². The van der Waals surface area contributed by atoms with Crippen molar-refractivity contribution in [3.8, 4) is 0 Å². The van der Waals surface area contributed by atoms with Crippen LogP contribution in [-0.2, 0) is 9.74 Å². The second-order valence-electron chi connectivity index (χ2n) is 1.46. The van der Waals surface area contributed by atoms with E-state index in [1.54, 1.807) is 0 Å². The van der Waals surface area contributed by atoms with Crippen LogP contribution in [0.1, 0.15) is 13.3 Å². The molecule has 5 heteroatoms. The maximum absolute atomic E-state index is 11.5. The maximum atomic E-state index is 11.5. The summed E-state index contributed by atoms with van der Waals surface area (Å²) in [5, 5.41) is 0. The minimum Gasteiger partial charge on any atom is -0.250 e. The molecule has 0 amide bonds. The summed E-state index contributed by atoms with van der Waals surface area (Å²) >= 11 is 0. The average molecular weight is 154 g/mol. The van der Waals surface area contributed by atoms with Crippen molar-refractivity contribution in [2.24, 2.45) is 0 Å². The second-order valence-corrected chi connectivity index (χ2v) is 1.46. The van der Waals surface area contributed by atoms with Gasteiger partial charge in [-0.2, -0.15) is 8.78 Å². The molecule has 0 heterocycles. The number of carbonyl (C=O) groups is 1. The fourth-order valence-corrected chi connectivity index (χ4v) is 0.402. The molecule has 0 N–H and O–H groups in total. The van der Waals surface area contributed by atoms with Gasteiger partial charge in [0.2, 0.25) is 0 Å². The minimum absolute atomic E-state index is 0.245. The number of hydrogen-bond acceptors (Lipinski definition) is 2. The van der Waals surface area contributed by atoms with Crippen LogP contribution in [0.25, 0.3) is 0 Å². The zero-order valence-electron chi connectivity index (χ0n) is 5.16. The fraction of sp³-hybridized carbons (Fsp3) is 0.400. The number of carbonyl (C=O) groups excluding carboxylic acids is 1. The highest BCUT2D eigenvalue weighted by Gasteiger charge is 2.15. The first-order chi connectivity index (χ1) is 4.63. The molecule has 0 saturated heterocycles. The van der Waals surface area contributed by atoms with Crippen molar-refractivity contribution in [3.63, 3.8) is 0 Å². The van der Waals surface area contributed by atoms with E-state index in [0.717, 1.165) is 0 Å². The predicted molar refractivity (Wildman–Crippen MR) is 26.7 cm³/mol. The second kappa shape index (κ2) is 3.92. The third kappa shape index (κ3) is 2.08. The van der Waals surface area contributed by atoms with Gasteiger partial charge in [-0.05, 0) is 6.42 Å². The third-order valence-electron chi connectivity index (χ3n) is 0.898. The van der Waals surface area contributed by atoms with E-state index in [-0.39, 0.29) is 6.42 Å². The lowest BCUT2D eigenvalue weighted by Gasteiger charge is -1.93. The molecule has 0 saturated carbocycles. The molecule has 0 aliphatic carbocycles. The van der Waals surface area contributed by atoms with Crippen LogP contribution in [0.4, 0.5) is 13.3 Å². The zero-order valence-corrected chi connectivity index (χ0v) is 5.16. The molecular formula is C5H5F3O2. The van der Waals surface area contributed by atoms with Gasteiger partial charge in [0.1, 0.15) is 5.57 Å². The molecule has 0 rings (SSSR count). The fourth-order valence-electron chi connectivity index (χ4n) is 0.402. The van der Waals surface area contributed by atoms with Crippen LogP contribution in [0, 0.1) is 0 Å². The number of halogens is 3. The first-order valence-electron chi connectivity index (χ1n) is 2.50. The maximum Gasteiger partial charge on any atom is 0.380 e. The standard InChI is InChI=1S/C5H5F3O2/c1-2-3(4(6)7)5(9)10-8/h2H2,1H3. The number of rotatable bonds is 2. The molecule has 0 fully saturated rings. The SMILES string of the molecule is CCC(C(=O)OF)=C(F)F. The normalized spacial score (nSPS) is 8.80. The first-order valence-corrected chi connectivity index (χ1v) is 2.50. The van der Waals surface area contributed by atoms with Gasteiger partial charge in [-0.15, -0.1) is 0 Å². The Labute approximate surface area is 55.2 Å². The number of hydrogen-bond donors (Lipinski definition) is 0. The quantitative estimate of drug-likeness (QED) is 0.568. The predicted octanol–water partition coefficient (Wildman–Crippen LogP) is 1.97. The molecule has 0 atom stereocenters. The molecule has 0 spiro atoms. The van der Waals surface area contributed by atoms with Gasteiger partial charge >= 0.3 is 5.97 Å². The molecule has 0 aliphatic heterocycles. The van der Waals surface area contributed by atoms with E-state index in [4.69, 9.17) is 0 Å². The Kier molecular flexibility index (Phi) is 3.53.